The maximum atomic E-state index is 12.1. The Morgan fingerprint density at radius 2 is 1.94 bits per heavy atom. The molecule has 2 heterocycles. The zero-order chi connectivity index (χ0) is 13.1. The highest BCUT2D eigenvalue weighted by Gasteiger charge is 2.27. The largest absolute Gasteiger partial charge is 0.372 e. The molecule has 2 saturated heterocycles. The van der Waals surface area contributed by atoms with Gasteiger partial charge in [0.2, 0.25) is 0 Å². The molecular formula is C13H25N3O2. The zero-order valence-corrected chi connectivity index (χ0v) is 11.6. The van der Waals surface area contributed by atoms with Crippen LogP contribution in [0.25, 0.3) is 0 Å². The van der Waals surface area contributed by atoms with Gasteiger partial charge >= 0.3 is 6.03 Å². The second-order valence-corrected chi connectivity index (χ2v) is 5.74. The van der Waals surface area contributed by atoms with Gasteiger partial charge in [0, 0.05) is 19.6 Å². The highest BCUT2D eigenvalue weighted by molar-refractivity contribution is 5.74. The molecule has 0 aromatic rings. The van der Waals surface area contributed by atoms with Crippen molar-refractivity contribution in [2.75, 3.05) is 32.7 Å². The number of nitrogens with one attached hydrogen (secondary N) is 2. The third-order valence-corrected chi connectivity index (χ3v) is 3.90. The minimum absolute atomic E-state index is 0.0519. The van der Waals surface area contributed by atoms with Gasteiger partial charge in [0.15, 0.2) is 0 Å². The van der Waals surface area contributed by atoms with E-state index in [0.29, 0.717) is 24.9 Å². The first-order chi connectivity index (χ1) is 8.56. The van der Waals surface area contributed by atoms with Gasteiger partial charge in [-0.3, -0.25) is 0 Å². The van der Waals surface area contributed by atoms with Crippen LogP contribution in [0.4, 0.5) is 4.79 Å². The summed E-state index contributed by atoms with van der Waals surface area (Å²) in [5, 5.41) is 6.41. The van der Waals surface area contributed by atoms with Crippen LogP contribution in [-0.4, -0.2) is 55.9 Å². The summed E-state index contributed by atoms with van der Waals surface area (Å²) < 4.78 is 5.63. The van der Waals surface area contributed by atoms with Crippen molar-refractivity contribution in [2.45, 2.75) is 33.0 Å². The zero-order valence-electron chi connectivity index (χ0n) is 11.6. The van der Waals surface area contributed by atoms with Gasteiger partial charge in [0.25, 0.3) is 0 Å². The molecule has 2 aliphatic rings. The number of rotatable bonds is 2. The Hall–Kier alpha value is -0.810. The predicted molar refractivity (Wildman–Crippen MR) is 70.5 cm³/mol. The molecule has 0 radical (unpaired) electrons. The lowest BCUT2D eigenvalue weighted by Gasteiger charge is -2.35. The molecule has 18 heavy (non-hydrogen) atoms. The molecule has 2 amide bonds. The number of amides is 2. The van der Waals surface area contributed by atoms with Crippen molar-refractivity contribution >= 4 is 6.03 Å². The molecule has 0 aromatic heterocycles. The van der Waals surface area contributed by atoms with Gasteiger partial charge in [0.05, 0.1) is 12.2 Å². The SMILES string of the molecule is CC1CN(C(=O)NCC2CNCC2C)CC(C)O1. The van der Waals surface area contributed by atoms with Gasteiger partial charge in [0.1, 0.15) is 0 Å². The Morgan fingerprint density at radius 3 is 2.50 bits per heavy atom. The Bertz CT molecular complexity index is 288. The van der Waals surface area contributed by atoms with E-state index in [1.54, 1.807) is 0 Å². The normalized spacial score (nSPS) is 36.7. The van der Waals surface area contributed by atoms with Crippen LogP contribution < -0.4 is 10.6 Å². The van der Waals surface area contributed by atoms with Gasteiger partial charge in [-0.25, -0.2) is 4.79 Å². The Balaban J connectivity index is 1.77. The number of morpholine rings is 1. The molecule has 5 heteroatoms. The monoisotopic (exact) mass is 255 g/mol. The van der Waals surface area contributed by atoms with E-state index < -0.39 is 0 Å². The van der Waals surface area contributed by atoms with Crippen LogP contribution in [0.1, 0.15) is 20.8 Å². The maximum absolute atomic E-state index is 12.1. The first-order valence-corrected chi connectivity index (χ1v) is 6.95. The molecule has 2 aliphatic heterocycles. The average molecular weight is 255 g/mol. The number of carbonyl (C=O) groups excluding carboxylic acids is 1. The van der Waals surface area contributed by atoms with Crippen molar-refractivity contribution in [1.82, 2.24) is 15.5 Å². The number of hydrogen-bond donors (Lipinski definition) is 2. The van der Waals surface area contributed by atoms with Crippen LogP contribution in [0, 0.1) is 11.8 Å². The average Bonchev–Trinajstić information content (AvgIpc) is 2.70. The number of hydrogen-bond acceptors (Lipinski definition) is 3. The van der Waals surface area contributed by atoms with Crippen molar-refractivity contribution in [3.05, 3.63) is 0 Å². The molecule has 5 nitrogen and oxygen atoms in total. The number of nitrogens with zero attached hydrogens (tertiary/aromatic N) is 1. The van der Waals surface area contributed by atoms with E-state index in [0.717, 1.165) is 19.6 Å². The van der Waals surface area contributed by atoms with Gasteiger partial charge in [-0.15, -0.1) is 0 Å². The Labute approximate surface area is 109 Å². The molecule has 0 bridgehead atoms. The van der Waals surface area contributed by atoms with E-state index in [-0.39, 0.29) is 18.2 Å². The molecule has 2 N–H and O–H groups in total. The van der Waals surface area contributed by atoms with E-state index >= 15 is 0 Å². The summed E-state index contributed by atoms with van der Waals surface area (Å²) >= 11 is 0. The van der Waals surface area contributed by atoms with Gasteiger partial charge in [-0.05, 0) is 38.8 Å². The maximum Gasteiger partial charge on any atom is 0.317 e. The summed E-state index contributed by atoms with van der Waals surface area (Å²) in [6.07, 6.45) is 0.262. The van der Waals surface area contributed by atoms with E-state index in [1.807, 2.05) is 18.7 Å². The fourth-order valence-electron chi connectivity index (χ4n) is 2.81. The first-order valence-electron chi connectivity index (χ1n) is 6.95. The van der Waals surface area contributed by atoms with E-state index in [4.69, 9.17) is 4.74 Å². The van der Waals surface area contributed by atoms with Crippen LogP contribution >= 0.6 is 0 Å². The van der Waals surface area contributed by atoms with Crippen molar-refractivity contribution < 1.29 is 9.53 Å². The van der Waals surface area contributed by atoms with E-state index in [2.05, 4.69) is 17.6 Å². The second kappa shape index (κ2) is 5.89. The standard InChI is InChI=1S/C13H25N3O2/c1-9-4-14-5-12(9)6-15-13(17)16-7-10(2)18-11(3)8-16/h9-12,14H,4-8H2,1-3H3,(H,15,17). The van der Waals surface area contributed by atoms with E-state index in [1.165, 1.54) is 0 Å². The van der Waals surface area contributed by atoms with Crippen molar-refractivity contribution in [1.29, 1.82) is 0 Å². The molecule has 0 aliphatic carbocycles. The lowest BCUT2D eigenvalue weighted by Crippen LogP contribution is -2.52. The third-order valence-electron chi connectivity index (χ3n) is 3.90. The highest BCUT2D eigenvalue weighted by Crippen LogP contribution is 2.15. The summed E-state index contributed by atoms with van der Waals surface area (Å²) in [5.74, 6) is 1.21. The fourth-order valence-corrected chi connectivity index (χ4v) is 2.81. The van der Waals surface area contributed by atoms with E-state index in [9.17, 15) is 4.79 Å². The second-order valence-electron chi connectivity index (χ2n) is 5.74. The van der Waals surface area contributed by atoms with Gasteiger partial charge in [-0.2, -0.15) is 0 Å². The molecule has 0 aromatic carbocycles. The van der Waals surface area contributed by atoms with Crippen molar-refractivity contribution in [3.8, 4) is 0 Å². The van der Waals surface area contributed by atoms with Gasteiger partial charge in [-0.1, -0.05) is 6.92 Å². The summed E-state index contributed by atoms with van der Waals surface area (Å²) in [6, 6.07) is 0.0519. The van der Waals surface area contributed by atoms with Crippen molar-refractivity contribution in [2.24, 2.45) is 11.8 Å². The molecule has 4 unspecified atom stereocenters. The lowest BCUT2D eigenvalue weighted by molar-refractivity contribution is -0.0545. The lowest BCUT2D eigenvalue weighted by atomic mass is 9.98. The Kier molecular flexibility index (Phi) is 4.45. The quantitative estimate of drug-likeness (QED) is 0.762. The number of urea groups is 1. The fraction of sp³-hybridized carbons (Fsp3) is 0.923. The topological polar surface area (TPSA) is 53.6 Å². The predicted octanol–water partition coefficient (Wildman–Crippen LogP) is 0.661. The van der Waals surface area contributed by atoms with Crippen LogP contribution in [-0.2, 0) is 4.74 Å². The minimum atomic E-state index is 0.0519. The molecule has 0 spiro atoms. The molecule has 104 valence electrons. The van der Waals surface area contributed by atoms with Crippen LogP contribution in [0.3, 0.4) is 0 Å². The summed E-state index contributed by atoms with van der Waals surface area (Å²) in [7, 11) is 0. The van der Waals surface area contributed by atoms with Crippen LogP contribution in [0.15, 0.2) is 0 Å². The summed E-state index contributed by atoms with van der Waals surface area (Å²) in [4.78, 5) is 14.0. The summed E-state index contributed by atoms with van der Waals surface area (Å²) in [5.41, 5.74) is 0. The summed E-state index contributed by atoms with van der Waals surface area (Å²) in [6.45, 7) is 10.5. The molecular weight excluding hydrogens is 230 g/mol. The Morgan fingerprint density at radius 1 is 1.28 bits per heavy atom. The smallest absolute Gasteiger partial charge is 0.317 e. The minimum Gasteiger partial charge on any atom is -0.372 e. The van der Waals surface area contributed by atoms with Crippen LogP contribution in [0.5, 0.6) is 0 Å². The number of carbonyl (C=O) groups is 1. The molecule has 4 atom stereocenters. The third kappa shape index (κ3) is 3.36. The highest BCUT2D eigenvalue weighted by atomic mass is 16.5. The molecule has 2 rings (SSSR count). The number of ether oxygens (including phenoxy) is 1. The molecule has 0 saturated carbocycles. The van der Waals surface area contributed by atoms with Gasteiger partial charge < -0.3 is 20.3 Å². The van der Waals surface area contributed by atoms with Crippen molar-refractivity contribution in [3.63, 3.8) is 0 Å². The first kappa shape index (κ1) is 13.6. The molecule has 2 fully saturated rings. The van der Waals surface area contributed by atoms with Crippen LogP contribution in [0.2, 0.25) is 0 Å².